The van der Waals surface area contributed by atoms with Gasteiger partial charge < -0.3 is 9.84 Å². The number of ether oxygens (including phenoxy) is 1. The van der Waals surface area contributed by atoms with Gasteiger partial charge in [0.2, 0.25) is 0 Å². The van der Waals surface area contributed by atoms with Crippen LogP contribution < -0.4 is 4.74 Å². The Hall–Kier alpha value is -1.95. The largest absolute Gasteiger partial charge is 0.496 e. The first-order valence-electron chi connectivity index (χ1n) is 5.47. The van der Waals surface area contributed by atoms with Gasteiger partial charge >= 0.3 is 0 Å². The van der Waals surface area contributed by atoms with E-state index in [1.54, 1.807) is 19.3 Å². The molecule has 0 spiro atoms. The van der Waals surface area contributed by atoms with Crippen LogP contribution in [0, 0.1) is 5.82 Å². The summed E-state index contributed by atoms with van der Waals surface area (Å²) in [6.45, 7) is 0. The van der Waals surface area contributed by atoms with E-state index in [1.165, 1.54) is 23.9 Å². The number of hydrogen-bond acceptors (Lipinski definition) is 4. The minimum atomic E-state index is -1.02. The highest BCUT2D eigenvalue weighted by Gasteiger charge is 2.19. The molecule has 5 nitrogen and oxygen atoms in total. The van der Waals surface area contributed by atoms with Crippen molar-refractivity contribution in [3.8, 4) is 5.75 Å². The number of hydrogen-bond donors (Lipinski definition) is 1. The lowest BCUT2D eigenvalue weighted by molar-refractivity contribution is 0.167. The third-order valence-electron chi connectivity index (χ3n) is 2.62. The minimum Gasteiger partial charge on any atom is -0.496 e. The van der Waals surface area contributed by atoms with Crippen LogP contribution in [-0.2, 0) is 13.5 Å². The van der Waals surface area contributed by atoms with Crippen molar-refractivity contribution >= 4 is 0 Å². The Morgan fingerprint density at radius 3 is 2.89 bits per heavy atom. The molecule has 96 valence electrons. The average molecular weight is 251 g/mol. The highest BCUT2D eigenvalue weighted by Crippen LogP contribution is 2.29. The summed E-state index contributed by atoms with van der Waals surface area (Å²) in [5, 5.41) is 17.7. The van der Waals surface area contributed by atoms with Crippen LogP contribution in [0.4, 0.5) is 4.39 Å². The SMILES string of the molecule is COc1cccc(F)c1C(O)Cc1cn(C)nn1. The summed E-state index contributed by atoms with van der Waals surface area (Å²) in [7, 11) is 3.17. The van der Waals surface area contributed by atoms with Crippen molar-refractivity contribution < 1.29 is 14.2 Å². The average Bonchev–Trinajstić information content (AvgIpc) is 2.74. The first-order chi connectivity index (χ1) is 8.61. The van der Waals surface area contributed by atoms with Crippen molar-refractivity contribution in [1.82, 2.24) is 15.0 Å². The van der Waals surface area contributed by atoms with Gasteiger partial charge in [-0.05, 0) is 12.1 Å². The van der Waals surface area contributed by atoms with Crippen LogP contribution in [0.15, 0.2) is 24.4 Å². The first-order valence-corrected chi connectivity index (χ1v) is 5.47. The molecule has 0 amide bonds. The van der Waals surface area contributed by atoms with E-state index in [-0.39, 0.29) is 12.0 Å². The zero-order valence-corrected chi connectivity index (χ0v) is 10.2. The molecule has 0 saturated carbocycles. The maximum Gasteiger partial charge on any atom is 0.132 e. The van der Waals surface area contributed by atoms with Gasteiger partial charge in [-0.15, -0.1) is 5.10 Å². The van der Waals surface area contributed by atoms with E-state index in [4.69, 9.17) is 4.74 Å². The van der Waals surface area contributed by atoms with Crippen molar-refractivity contribution in [2.45, 2.75) is 12.5 Å². The summed E-state index contributed by atoms with van der Waals surface area (Å²) >= 11 is 0. The minimum absolute atomic E-state index is 0.144. The van der Waals surface area contributed by atoms with Gasteiger partial charge in [-0.1, -0.05) is 11.3 Å². The molecule has 0 saturated heterocycles. The lowest BCUT2D eigenvalue weighted by Gasteiger charge is -2.14. The van der Waals surface area contributed by atoms with Gasteiger partial charge in [0.15, 0.2) is 0 Å². The summed E-state index contributed by atoms with van der Waals surface area (Å²) in [4.78, 5) is 0. The van der Waals surface area contributed by atoms with Gasteiger partial charge in [-0.2, -0.15) is 0 Å². The molecule has 0 bridgehead atoms. The Kier molecular flexibility index (Phi) is 3.57. The molecule has 1 atom stereocenters. The van der Waals surface area contributed by atoms with E-state index in [2.05, 4.69) is 10.3 Å². The Balaban J connectivity index is 2.25. The lowest BCUT2D eigenvalue weighted by Crippen LogP contribution is -2.07. The maximum atomic E-state index is 13.7. The number of benzene rings is 1. The quantitative estimate of drug-likeness (QED) is 0.888. The van der Waals surface area contributed by atoms with Gasteiger partial charge in [0.1, 0.15) is 11.6 Å². The smallest absolute Gasteiger partial charge is 0.132 e. The molecule has 2 rings (SSSR count). The molecule has 1 heterocycles. The monoisotopic (exact) mass is 251 g/mol. The second-order valence-corrected chi connectivity index (χ2v) is 3.96. The van der Waals surface area contributed by atoms with Crippen LogP contribution in [0.25, 0.3) is 0 Å². The summed E-state index contributed by atoms with van der Waals surface area (Å²) in [5.74, 6) is -0.169. The summed E-state index contributed by atoms with van der Waals surface area (Å²) < 4.78 is 20.3. The van der Waals surface area contributed by atoms with Crippen LogP contribution in [0.1, 0.15) is 17.4 Å². The van der Waals surface area contributed by atoms with Crippen LogP contribution in [-0.4, -0.2) is 27.2 Å². The van der Waals surface area contributed by atoms with Gasteiger partial charge in [0.05, 0.1) is 24.5 Å². The standard InChI is InChI=1S/C12H14FN3O2/c1-16-7-8(14-15-16)6-10(17)12-9(13)4-3-5-11(12)18-2/h3-5,7,10,17H,6H2,1-2H3. The topological polar surface area (TPSA) is 60.2 Å². The van der Waals surface area contributed by atoms with Gasteiger partial charge in [0, 0.05) is 19.7 Å². The van der Waals surface area contributed by atoms with Crippen LogP contribution in [0.5, 0.6) is 5.75 Å². The molecule has 2 aromatic rings. The molecular weight excluding hydrogens is 237 g/mol. The zero-order chi connectivity index (χ0) is 13.1. The number of aliphatic hydroxyl groups is 1. The molecular formula is C12H14FN3O2. The van der Waals surface area contributed by atoms with E-state index >= 15 is 0 Å². The molecule has 1 N–H and O–H groups in total. The van der Waals surface area contributed by atoms with Gasteiger partial charge in [0.25, 0.3) is 0 Å². The summed E-state index contributed by atoms with van der Waals surface area (Å²) in [6, 6.07) is 4.43. The molecule has 0 fully saturated rings. The maximum absolute atomic E-state index is 13.7. The van der Waals surface area contributed by atoms with Crippen molar-refractivity contribution in [2.75, 3.05) is 7.11 Å². The van der Waals surface area contributed by atoms with Crippen molar-refractivity contribution in [3.05, 3.63) is 41.5 Å². The molecule has 0 aliphatic carbocycles. The fourth-order valence-electron chi connectivity index (χ4n) is 1.81. The fourth-order valence-corrected chi connectivity index (χ4v) is 1.81. The third kappa shape index (κ3) is 2.48. The Labute approximate surface area is 104 Å². The Bertz CT molecular complexity index is 542. The Morgan fingerprint density at radius 1 is 1.50 bits per heavy atom. The zero-order valence-electron chi connectivity index (χ0n) is 10.2. The Morgan fingerprint density at radius 2 is 2.28 bits per heavy atom. The van der Waals surface area contributed by atoms with Crippen molar-refractivity contribution in [3.63, 3.8) is 0 Å². The normalized spacial score (nSPS) is 12.4. The van der Waals surface area contributed by atoms with E-state index < -0.39 is 11.9 Å². The number of methoxy groups -OCH3 is 1. The molecule has 1 aromatic heterocycles. The highest BCUT2D eigenvalue weighted by molar-refractivity contribution is 5.36. The van der Waals surface area contributed by atoms with E-state index in [0.717, 1.165) is 0 Å². The number of nitrogens with zero attached hydrogens (tertiary/aromatic N) is 3. The lowest BCUT2D eigenvalue weighted by atomic mass is 10.0. The predicted molar refractivity (Wildman–Crippen MR) is 62.6 cm³/mol. The summed E-state index contributed by atoms with van der Waals surface area (Å²) in [5.41, 5.74) is 0.737. The third-order valence-corrected chi connectivity index (χ3v) is 2.62. The number of aromatic nitrogens is 3. The number of aryl methyl sites for hydroxylation is 1. The molecule has 0 aliphatic rings. The van der Waals surface area contributed by atoms with E-state index in [1.807, 2.05) is 0 Å². The van der Waals surface area contributed by atoms with Crippen LogP contribution in [0.3, 0.4) is 0 Å². The van der Waals surface area contributed by atoms with Crippen molar-refractivity contribution in [2.24, 2.45) is 7.05 Å². The van der Waals surface area contributed by atoms with Crippen molar-refractivity contribution in [1.29, 1.82) is 0 Å². The molecule has 1 unspecified atom stereocenters. The molecule has 1 aromatic carbocycles. The molecule has 18 heavy (non-hydrogen) atoms. The second-order valence-electron chi connectivity index (χ2n) is 3.96. The number of rotatable bonds is 4. The highest BCUT2D eigenvalue weighted by atomic mass is 19.1. The van der Waals surface area contributed by atoms with Crippen LogP contribution in [0.2, 0.25) is 0 Å². The van der Waals surface area contributed by atoms with E-state index in [9.17, 15) is 9.50 Å². The fraction of sp³-hybridized carbons (Fsp3) is 0.333. The van der Waals surface area contributed by atoms with Gasteiger partial charge in [-0.25, -0.2) is 4.39 Å². The van der Waals surface area contributed by atoms with Crippen LogP contribution >= 0.6 is 0 Å². The second kappa shape index (κ2) is 5.14. The molecule has 0 aliphatic heterocycles. The van der Waals surface area contributed by atoms with Gasteiger partial charge in [-0.3, -0.25) is 4.68 Å². The molecule has 6 heteroatoms. The molecule has 0 radical (unpaired) electrons. The first kappa shape index (κ1) is 12.5. The van der Waals surface area contributed by atoms with E-state index in [0.29, 0.717) is 11.4 Å². The number of aliphatic hydroxyl groups excluding tert-OH is 1. The number of halogens is 1. The predicted octanol–water partition coefficient (Wildman–Crippen LogP) is 1.24. The summed E-state index contributed by atoms with van der Waals surface area (Å²) in [6.07, 6.45) is 0.847.